The Kier molecular flexibility index (Phi) is 5.23. The predicted molar refractivity (Wildman–Crippen MR) is 89.2 cm³/mol. The van der Waals surface area contributed by atoms with Crippen LogP contribution in [0.2, 0.25) is 0 Å². The van der Waals surface area contributed by atoms with E-state index in [9.17, 15) is 13.2 Å². The number of thioether (sulfide) groups is 1. The maximum absolute atomic E-state index is 13.7. The van der Waals surface area contributed by atoms with Crippen LogP contribution in [0.15, 0.2) is 53.7 Å². The Morgan fingerprint density at radius 1 is 0.960 bits per heavy atom. The number of hydrogen-bond donors (Lipinski definition) is 0. The smallest absolute Gasteiger partial charge is 0.223 e. The van der Waals surface area contributed by atoms with E-state index in [1.807, 2.05) is 0 Å². The van der Waals surface area contributed by atoms with Crippen molar-refractivity contribution in [2.24, 2.45) is 0 Å². The average Bonchev–Trinajstić information content (AvgIpc) is 2.56. The number of nitrogens with zero attached hydrogens (tertiary/aromatic N) is 2. The first-order valence-corrected chi connectivity index (χ1v) is 8.34. The third kappa shape index (κ3) is 4.51. The number of ether oxygens (including phenoxy) is 1. The van der Waals surface area contributed by atoms with Crippen LogP contribution in [-0.2, 0) is 5.75 Å². The summed E-state index contributed by atoms with van der Waals surface area (Å²) < 4.78 is 45.7. The van der Waals surface area contributed by atoms with Gasteiger partial charge < -0.3 is 4.74 Å². The first kappa shape index (κ1) is 17.3. The summed E-state index contributed by atoms with van der Waals surface area (Å²) >= 11 is 1.24. The standard InChI is InChI=1S/C18H13F3N2OS/c1-11-8-17(24-16-7-6-13(19)9-15(16)21)23-18(22-11)25-10-12-4-2-3-5-14(12)20/h2-9H,10H2,1H3. The molecule has 0 unspecified atom stereocenters. The highest BCUT2D eigenvalue weighted by atomic mass is 32.2. The zero-order valence-electron chi connectivity index (χ0n) is 13.2. The Morgan fingerprint density at radius 3 is 2.52 bits per heavy atom. The van der Waals surface area contributed by atoms with Crippen molar-refractivity contribution in [2.75, 3.05) is 0 Å². The summed E-state index contributed by atoms with van der Waals surface area (Å²) in [6.45, 7) is 1.74. The molecule has 0 N–H and O–H groups in total. The lowest BCUT2D eigenvalue weighted by molar-refractivity contribution is 0.418. The number of halogens is 3. The van der Waals surface area contributed by atoms with Gasteiger partial charge in [0.1, 0.15) is 11.6 Å². The quantitative estimate of drug-likeness (QED) is 0.456. The highest BCUT2D eigenvalue weighted by Crippen LogP contribution is 2.27. The highest BCUT2D eigenvalue weighted by Gasteiger charge is 2.10. The fourth-order valence-corrected chi connectivity index (χ4v) is 2.94. The molecule has 3 nitrogen and oxygen atoms in total. The maximum Gasteiger partial charge on any atom is 0.223 e. The van der Waals surface area contributed by atoms with Crippen molar-refractivity contribution in [3.63, 3.8) is 0 Å². The molecule has 0 radical (unpaired) electrons. The van der Waals surface area contributed by atoms with Gasteiger partial charge in [0.25, 0.3) is 0 Å². The Bertz CT molecular complexity index is 905. The molecule has 0 aliphatic heterocycles. The van der Waals surface area contributed by atoms with Gasteiger partial charge in [0.2, 0.25) is 5.88 Å². The zero-order chi connectivity index (χ0) is 17.8. The number of aryl methyl sites for hydroxylation is 1. The minimum Gasteiger partial charge on any atom is -0.436 e. The van der Waals surface area contributed by atoms with Crippen LogP contribution >= 0.6 is 11.8 Å². The zero-order valence-corrected chi connectivity index (χ0v) is 14.0. The van der Waals surface area contributed by atoms with Crippen molar-refractivity contribution in [3.05, 3.63) is 77.2 Å². The van der Waals surface area contributed by atoms with E-state index in [2.05, 4.69) is 9.97 Å². The maximum atomic E-state index is 13.7. The second kappa shape index (κ2) is 7.57. The van der Waals surface area contributed by atoms with Crippen LogP contribution in [0.3, 0.4) is 0 Å². The molecule has 3 rings (SSSR count). The Hall–Kier alpha value is -2.54. The van der Waals surface area contributed by atoms with Gasteiger partial charge in [-0.15, -0.1) is 0 Å². The minimum atomic E-state index is -0.822. The molecule has 128 valence electrons. The molecule has 1 heterocycles. The number of benzene rings is 2. The lowest BCUT2D eigenvalue weighted by Crippen LogP contribution is -1.97. The van der Waals surface area contributed by atoms with E-state index in [-0.39, 0.29) is 17.4 Å². The Balaban J connectivity index is 1.77. The molecule has 0 saturated heterocycles. The van der Waals surface area contributed by atoms with E-state index in [0.29, 0.717) is 22.2 Å². The van der Waals surface area contributed by atoms with Crippen molar-refractivity contribution in [3.8, 4) is 11.6 Å². The van der Waals surface area contributed by atoms with Crippen molar-refractivity contribution < 1.29 is 17.9 Å². The van der Waals surface area contributed by atoms with Crippen LogP contribution in [0.25, 0.3) is 0 Å². The molecule has 1 aromatic heterocycles. The fourth-order valence-electron chi connectivity index (χ4n) is 2.06. The van der Waals surface area contributed by atoms with E-state index in [1.54, 1.807) is 25.1 Å². The van der Waals surface area contributed by atoms with Gasteiger partial charge in [-0.3, -0.25) is 0 Å². The third-order valence-corrected chi connectivity index (χ3v) is 4.13. The molecule has 0 spiro atoms. The van der Waals surface area contributed by atoms with E-state index < -0.39 is 11.6 Å². The molecule has 25 heavy (non-hydrogen) atoms. The number of aromatic nitrogens is 2. The summed E-state index contributed by atoms with van der Waals surface area (Å²) in [5.74, 6) is -1.46. The van der Waals surface area contributed by atoms with Crippen LogP contribution in [0, 0.1) is 24.4 Å². The summed E-state index contributed by atoms with van der Waals surface area (Å²) in [4.78, 5) is 8.44. The minimum absolute atomic E-state index is 0.133. The second-order valence-corrected chi connectivity index (χ2v) is 6.13. The largest absolute Gasteiger partial charge is 0.436 e. The molecule has 0 bridgehead atoms. The molecule has 2 aromatic carbocycles. The summed E-state index contributed by atoms with van der Waals surface area (Å²) in [5.41, 5.74) is 1.15. The molecule has 0 aliphatic rings. The molecule has 3 aromatic rings. The van der Waals surface area contributed by atoms with Crippen molar-refractivity contribution in [1.82, 2.24) is 9.97 Å². The van der Waals surface area contributed by atoms with Gasteiger partial charge in [-0.25, -0.2) is 18.2 Å². The second-order valence-electron chi connectivity index (χ2n) is 5.19. The summed E-state index contributed by atoms with van der Waals surface area (Å²) in [5, 5.41) is 0.376. The van der Waals surface area contributed by atoms with Crippen molar-refractivity contribution >= 4 is 11.8 Å². The molecule has 0 saturated carbocycles. The first-order valence-electron chi connectivity index (χ1n) is 7.36. The molecule has 0 atom stereocenters. The average molecular weight is 362 g/mol. The first-order chi connectivity index (χ1) is 12.0. The van der Waals surface area contributed by atoms with E-state index in [4.69, 9.17) is 4.74 Å². The summed E-state index contributed by atoms with van der Waals surface area (Å²) in [7, 11) is 0. The van der Waals surface area contributed by atoms with Gasteiger partial charge in [0.05, 0.1) is 0 Å². The highest BCUT2D eigenvalue weighted by molar-refractivity contribution is 7.98. The van der Waals surface area contributed by atoms with Gasteiger partial charge >= 0.3 is 0 Å². The predicted octanol–water partition coefficient (Wildman–Crippen LogP) is 5.29. The molecule has 0 aliphatic carbocycles. The van der Waals surface area contributed by atoms with E-state index >= 15 is 0 Å². The van der Waals surface area contributed by atoms with Crippen molar-refractivity contribution in [1.29, 1.82) is 0 Å². The molecular formula is C18H13F3N2OS. The van der Waals surface area contributed by atoms with Crippen LogP contribution in [0.5, 0.6) is 11.6 Å². The number of hydrogen-bond acceptors (Lipinski definition) is 4. The third-order valence-electron chi connectivity index (χ3n) is 3.23. The SMILES string of the molecule is Cc1cc(Oc2ccc(F)cc2F)nc(SCc2ccccc2F)n1. The van der Waals surface area contributed by atoms with Gasteiger partial charge in [0.15, 0.2) is 16.7 Å². The van der Waals surface area contributed by atoms with Crippen LogP contribution in [0.4, 0.5) is 13.2 Å². The van der Waals surface area contributed by atoms with E-state index in [1.165, 1.54) is 30.0 Å². The van der Waals surface area contributed by atoms with Crippen molar-refractivity contribution in [2.45, 2.75) is 17.8 Å². The van der Waals surface area contributed by atoms with E-state index in [0.717, 1.165) is 12.1 Å². The summed E-state index contributed by atoms with van der Waals surface area (Å²) in [6, 6.07) is 11.0. The van der Waals surface area contributed by atoms with Gasteiger partial charge in [-0.1, -0.05) is 30.0 Å². The normalized spacial score (nSPS) is 10.7. The molecule has 0 fully saturated rings. The molecule has 7 heteroatoms. The summed E-state index contributed by atoms with van der Waals surface area (Å²) in [6.07, 6.45) is 0. The Morgan fingerprint density at radius 2 is 1.76 bits per heavy atom. The lowest BCUT2D eigenvalue weighted by atomic mass is 10.2. The topological polar surface area (TPSA) is 35.0 Å². The van der Waals surface area contributed by atoms with Gasteiger partial charge in [0, 0.05) is 23.6 Å². The fraction of sp³-hybridized carbons (Fsp3) is 0.111. The van der Waals surface area contributed by atoms with Crippen LogP contribution in [0.1, 0.15) is 11.3 Å². The van der Waals surface area contributed by atoms with Crippen LogP contribution < -0.4 is 4.74 Å². The van der Waals surface area contributed by atoms with Gasteiger partial charge in [-0.05, 0) is 30.7 Å². The lowest BCUT2D eigenvalue weighted by Gasteiger charge is -2.08. The monoisotopic (exact) mass is 362 g/mol. The van der Waals surface area contributed by atoms with Gasteiger partial charge in [-0.2, -0.15) is 4.98 Å². The Labute approximate surface area is 146 Å². The molecular weight excluding hydrogens is 349 g/mol. The van der Waals surface area contributed by atoms with Crippen LogP contribution in [-0.4, -0.2) is 9.97 Å². The number of rotatable bonds is 5. The molecule has 0 amide bonds.